The molecule has 6 nitrogen and oxygen atoms in total. The van der Waals surface area contributed by atoms with E-state index in [1.807, 2.05) is 19.1 Å². The lowest BCUT2D eigenvalue weighted by Crippen LogP contribution is -2.36. The third-order valence-corrected chi connectivity index (χ3v) is 4.16. The van der Waals surface area contributed by atoms with E-state index in [2.05, 4.69) is 10.6 Å². The van der Waals surface area contributed by atoms with Gasteiger partial charge in [-0.25, -0.2) is 0 Å². The lowest BCUT2D eigenvalue weighted by molar-refractivity contribution is -0.124. The molecule has 0 spiro atoms. The number of ketones is 1. The predicted octanol–water partition coefficient (Wildman–Crippen LogP) is 2.92. The molecule has 2 N–H and O–H groups in total. The number of hydrogen-bond acceptors (Lipinski definition) is 4. The van der Waals surface area contributed by atoms with Crippen molar-refractivity contribution in [2.24, 2.45) is 0 Å². The lowest BCUT2D eigenvalue weighted by Gasteiger charge is -2.08. The second kappa shape index (κ2) is 11.1. The molecule has 2 aromatic rings. The van der Waals surface area contributed by atoms with E-state index < -0.39 is 0 Å². The van der Waals surface area contributed by atoms with Crippen molar-refractivity contribution in [1.82, 2.24) is 10.6 Å². The standard InChI is InChI=1S/C21H23ClN2O4/c1-15-2-4-16(5-3-15)19(25)10-11-20(26)23-12-13-24-21(27)14-28-18-8-6-17(22)7-9-18/h2-9H,10-14H2,1H3,(H,23,26)(H,24,27). The Morgan fingerprint density at radius 2 is 1.46 bits per heavy atom. The molecule has 0 fully saturated rings. The highest BCUT2D eigenvalue weighted by Crippen LogP contribution is 2.15. The molecule has 2 aromatic carbocycles. The Hall–Kier alpha value is -2.86. The fourth-order valence-electron chi connectivity index (χ4n) is 2.33. The van der Waals surface area contributed by atoms with E-state index in [9.17, 15) is 14.4 Å². The van der Waals surface area contributed by atoms with E-state index in [0.717, 1.165) is 5.56 Å². The number of hydrogen-bond donors (Lipinski definition) is 2. The molecule has 0 saturated heterocycles. The molecule has 28 heavy (non-hydrogen) atoms. The Labute approximate surface area is 169 Å². The van der Waals surface area contributed by atoms with Crippen molar-refractivity contribution < 1.29 is 19.1 Å². The summed E-state index contributed by atoms with van der Waals surface area (Å²) in [5, 5.41) is 5.91. The number of nitrogens with one attached hydrogen (secondary N) is 2. The largest absolute Gasteiger partial charge is 0.484 e. The van der Waals surface area contributed by atoms with Gasteiger partial charge in [0.25, 0.3) is 5.91 Å². The van der Waals surface area contributed by atoms with E-state index in [1.165, 1.54) is 0 Å². The van der Waals surface area contributed by atoms with Crippen LogP contribution >= 0.6 is 11.6 Å². The van der Waals surface area contributed by atoms with Gasteiger partial charge in [-0.2, -0.15) is 0 Å². The van der Waals surface area contributed by atoms with Crippen LogP contribution < -0.4 is 15.4 Å². The number of halogens is 1. The van der Waals surface area contributed by atoms with Crippen molar-refractivity contribution in [3.8, 4) is 5.75 Å². The normalized spacial score (nSPS) is 10.2. The van der Waals surface area contributed by atoms with Crippen LogP contribution in [-0.2, 0) is 9.59 Å². The summed E-state index contributed by atoms with van der Waals surface area (Å²) in [4.78, 5) is 35.5. The van der Waals surface area contributed by atoms with Gasteiger partial charge >= 0.3 is 0 Å². The molecule has 2 amide bonds. The van der Waals surface area contributed by atoms with Crippen LogP contribution in [0, 0.1) is 6.92 Å². The van der Waals surface area contributed by atoms with Crippen molar-refractivity contribution in [3.05, 3.63) is 64.7 Å². The van der Waals surface area contributed by atoms with Crippen LogP contribution in [-0.4, -0.2) is 37.3 Å². The number of rotatable bonds is 10. The number of carbonyl (C=O) groups excluding carboxylic acids is 3. The van der Waals surface area contributed by atoms with Gasteiger partial charge in [0.2, 0.25) is 5.91 Å². The Morgan fingerprint density at radius 1 is 0.857 bits per heavy atom. The molecule has 0 radical (unpaired) electrons. The van der Waals surface area contributed by atoms with Gasteiger partial charge in [-0.15, -0.1) is 0 Å². The lowest BCUT2D eigenvalue weighted by atomic mass is 10.1. The molecular weight excluding hydrogens is 380 g/mol. The first kappa shape index (κ1) is 21.4. The van der Waals surface area contributed by atoms with Gasteiger partial charge in [0, 0.05) is 36.5 Å². The summed E-state index contributed by atoms with van der Waals surface area (Å²) in [6, 6.07) is 14.0. The van der Waals surface area contributed by atoms with Crippen molar-refractivity contribution >= 4 is 29.2 Å². The van der Waals surface area contributed by atoms with Crippen LogP contribution in [0.3, 0.4) is 0 Å². The molecule has 0 unspecified atom stereocenters. The first-order valence-electron chi connectivity index (χ1n) is 8.95. The van der Waals surface area contributed by atoms with Crippen LogP contribution in [0.1, 0.15) is 28.8 Å². The maximum Gasteiger partial charge on any atom is 0.258 e. The zero-order valence-electron chi connectivity index (χ0n) is 15.7. The molecule has 0 aliphatic carbocycles. The Morgan fingerprint density at radius 3 is 2.11 bits per heavy atom. The average molecular weight is 403 g/mol. The quantitative estimate of drug-likeness (QED) is 0.472. The summed E-state index contributed by atoms with van der Waals surface area (Å²) in [5.74, 6) is -0.0419. The number of ether oxygens (including phenoxy) is 1. The van der Waals surface area contributed by atoms with E-state index >= 15 is 0 Å². The summed E-state index contributed by atoms with van der Waals surface area (Å²) < 4.78 is 5.32. The summed E-state index contributed by atoms with van der Waals surface area (Å²) in [6.45, 7) is 2.38. The SMILES string of the molecule is Cc1ccc(C(=O)CCC(=O)NCCNC(=O)COc2ccc(Cl)cc2)cc1. The summed E-state index contributed by atoms with van der Waals surface area (Å²) in [6.07, 6.45) is 0.260. The van der Waals surface area contributed by atoms with Crippen LogP contribution in [0.15, 0.2) is 48.5 Å². The third-order valence-electron chi connectivity index (χ3n) is 3.91. The van der Waals surface area contributed by atoms with E-state index in [4.69, 9.17) is 16.3 Å². The maximum atomic E-state index is 12.0. The fourth-order valence-corrected chi connectivity index (χ4v) is 2.46. The van der Waals surface area contributed by atoms with Gasteiger partial charge in [-0.3, -0.25) is 14.4 Å². The topological polar surface area (TPSA) is 84.5 Å². The minimum absolute atomic E-state index is 0.0669. The molecule has 0 heterocycles. The second-order valence-electron chi connectivity index (χ2n) is 6.23. The number of aryl methyl sites for hydroxylation is 1. The van der Waals surface area contributed by atoms with E-state index in [0.29, 0.717) is 16.3 Å². The Kier molecular flexibility index (Phi) is 8.49. The molecule has 7 heteroatoms. The summed E-state index contributed by atoms with van der Waals surface area (Å²) >= 11 is 5.77. The first-order chi connectivity index (χ1) is 13.4. The van der Waals surface area contributed by atoms with Crippen molar-refractivity contribution in [1.29, 1.82) is 0 Å². The molecule has 0 aromatic heterocycles. The Bertz CT molecular complexity index is 804. The molecule has 0 saturated carbocycles. The number of carbonyl (C=O) groups is 3. The molecular formula is C21H23ClN2O4. The number of amides is 2. The summed E-state index contributed by atoms with van der Waals surface area (Å²) in [5.41, 5.74) is 1.68. The van der Waals surface area contributed by atoms with Crippen LogP contribution in [0.25, 0.3) is 0 Å². The number of benzene rings is 2. The molecule has 0 aliphatic heterocycles. The minimum Gasteiger partial charge on any atom is -0.484 e. The predicted molar refractivity (Wildman–Crippen MR) is 108 cm³/mol. The van der Waals surface area contributed by atoms with Crippen LogP contribution in [0.5, 0.6) is 5.75 Å². The minimum atomic E-state index is -0.293. The molecule has 2 rings (SSSR count). The zero-order valence-corrected chi connectivity index (χ0v) is 16.4. The van der Waals surface area contributed by atoms with Crippen molar-refractivity contribution in [2.45, 2.75) is 19.8 Å². The van der Waals surface area contributed by atoms with Gasteiger partial charge < -0.3 is 15.4 Å². The summed E-state index contributed by atoms with van der Waals surface area (Å²) in [7, 11) is 0. The van der Waals surface area contributed by atoms with E-state index in [1.54, 1.807) is 36.4 Å². The van der Waals surface area contributed by atoms with Gasteiger partial charge in [-0.1, -0.05) is 41.4 Å². The highest BCUT2D eigenvalue weighted by molar-refractivity contribution is 6.30. The highest BCUT2D eigenvalue weighted by Gasteiger charge is 2.09. The monoisotopic (exact) mass is 402 g/mol. The zero-order chi connectivity index (χ0) is 20.4. The van der Waals surface area contributed by atoms with Gasteiger partial charge in [-0.05, 0) is 31.2 Å². The van der Waals surface area contributed by atoms with Gasteiger partial charge in [0.1, 0.15) is 5.75 Å². The third kappa shape index (κ3) is 7.80. The van der Waals surface area contributed by atoms with Crippen LogP contribution in [0.2, 0.25) is 5.02 Å². The molecule has 0 atom stereocenters. The molecule has 0 aliphatic rings. The molecule has 148 valence electrons. The maximum absolute atomic E-state index is 12.0. The fraction of sp³-hybridized carbons (Fsp3) is 0.286. The smallest absolute Gasteiger partial charge is 0.258 e. The average Bonchev–Trinajstić information content (AvgIpc) is 2.69. The van der Waals surface area contributed by atoms with Gasteiger partial charge in [0.05, 0.1) is 0 Å². The van der Waals surface area contributed by atoms with Crippen molar-refractivity contribution in [2.75, 3.05) is 19.7 Å². The molecule has 0 bridgehead atoms. The highest BCUT2D eigenvalue weighted by atomic mass is 35.5. The second-order valence-corrected chi connectivity index (χ2v) is 6.67. The first-order valence-corrected chi connectivity index (χ1v) is 9.33. The van der Waals surface area contributed by atoms with Crippen LogP contribution in [0.4, 0.5) is 0 Å². The van der Waals surface area contributed by atoms with Crippen molar-refractivity contribution in [3.63, 3.8) is 0 Å². The number of Topliss-reactive ketones (excluding diaryl/α,β-unsaturated/α-hetero) is 1. The Balaban J connectivity index is 1.56. The van der Waals surface area contributed by atoms with Gasteiger partial charge in [0.15, 0.2) is 12.4 Å². The van der Waals surface area contributed by atoms with E-state index in [-0.39, 0.29) is 50.1 Å².